The van der Waals surface area contributed by atoms with Gasteiger partial charge in [0.25, 0.3) is 0 Å². The summed E-state index contributed by atoms with van der Waals surface area (Å²) in [4.78, 5) is 17.8. The van der Waals surface area contributed by atoms with Crippen molar-refractivity contribution in [3.8, 4) is 0 Å². The molecule has 0 aromatic heterocycles. The Labute approximate surface area is 139 Å². The summed E-state index contributed by atoms with van der Waals surface area (Å²) in [6, 6.07) is -0.0993. The molecule has 0 saturated carbocycles. The maximum absolute atomic E-state index is 12.1. The number of nitrogens with zero attached hydrogens (tertiary/aromatic N) is 3. The predicted octanol–water partition coefficient (Wildman–Crippen LogP) is -0.716. The van der Waals surface area contributed by atoms with Gasteiger partial charge >= 0.3 is 0 Å². The first kappa shape index (κ1) is 18.6. The van der Waals surface area contributed by atoms with Crippen molar-refractivity contribution in [1.29, 1.82) is 0 Å². The summed E-state index contributed by atoms with van der Waals surface area (Å²) in [5.41, 5.74) is 0. The second-order valence-corrected chi connectivity index (χ2v) is 8.77. The number of sulfone groups is 1. The van der Waals surface area contributed by atoms with Crippen LogP contribution < -0.4 is 0 Å². The lowest BCUT2D eigenvalue weighted by Crippen LogP contribution is -2.60. The van der Waals surface area contributed by atoms with Crippen LogP contribution >= 0.6 is 0 Å². The Kier molecular flexibility index (Phi) is 6.41. The van der Waals surface area contributed by atoms with Gasteiger partial charge in [-0.25, -0.2) is 8.42 Å². The molecule has 2 atom stereocenters. The highest BCUT2D eigenvalue weighted by Gasteiger charge is 2.46. The second-order valence-electron chi connectivity index (χ2n) is 6.62. The average molecular weight is 347 g/mol. The van der Waals surface area contributed by atoms with E-state index in [0.717, 1.165) is 32.7 Å². The van der Waals surface area contributed by atoms with Crippen LogP contribution in [0.4, 0.5) is 0 Å². The highest BCUT2D eigenvalue weighted by molar-refractivity contribution is 7.91. The van der Waals surface area contributed by atoms with E-state index < -0.39 is 9.84 Å². The van der Waals surface area contributed by atoms with Gasteiger partial charge in [-0.15, -0.1) is 0 Å². The number of piperazine rings is 1. The summed E-state index contributed by atoms with van der Waals surface area (Å²) in [5, 5.41) is 0. The topological polar surface area (TPSA) is 70.2 Å². The van der Waals surface area contributed by atoms with Gasteiger partial charge in [-0.2, -0.15) is 0 Å². The van der Waals surface area contributed by atoms with Crippen LogP contribution in [0.3, 0.4) is 0 Å². The zero-order chi connectivity index (χ0) is 17.0. The van der Waals surface area contributed by atoms with Gasteiger partial charge < -0.3 is 9.64 Å². The van der Waals surface area contributed by atoms with E-state index in [4.69, 9.17) is 4.74 Å². The third-order valence-electron chi connectivity index (χ3n) is 4.61. The van der Waals surface area contributed by atoms with Gasteiger partial charge in [-0.3, -0.25) is 14.6 Å². The van der Waals surface area contributed by atoms with Crippen molar-refractivity contribution in [2.45, 2.75) is 25.4 Å². The first-order valence-electron chi connectivity index (χ1n) is 8.30. The number of rotatable bonds is 7. The first-order chi connectivity index (χ1) is 10.8. The number of likely N-dealkylation sites (N-methyl/N-ethyl adjacent to an activating group) is 1. The lowest BCUT2D eigenvalue weighted by atomic mass is 10.0. The van der Waals surface area contributed by atoms with Gasteiger partial charge in [-0.1, -0.05) is 6.92 Å². The van der Waals surface area contributed by atoms with Crippen LogP contribution in [0.5, 0.6) is 0 Å². The number of hydrogen-bond donors (Lipinski definition) is 0. The minimum absolute atomic E-state index is 0.0195. The Morgan fingerprint density at radius 3 is 2.35 bits per heavy atom. The van der Waals surface area contributed by atoms with Crippen LogP contribution in [0.25, 0.3) is 0 Å². The normalized spacial score (nSPS) is 27.8. The summed E-state index contributed by atoms with van der Waals surface area (Å²) < 4.78 is 29.8. The molecule has 0 radical (unpaired) electrons. The fourth-order valence-electron chi connectivity index (χ4n) is 3.31. The Morgan fingerprint density at radius 1 is 1.13 bits per heavy atom. The summed E-state index contributed by atoms with van der Waals surface area (Å²) in [7, 11) is 0.422. The monoisotopic (exact) mass is 347 g/mol. The highest BCUT2D eigenvalue weighted by Crippen LogP contribution is 2.26. The van der Waals surface area contributed by atoms with Gasteiger partial charge in [0, 0.05) is 52.4 Å². The minimum Gasteiger partial charge on any atom is -0.380 e. The number of carbonyl (C=O) groups is 1. The molecule has 0 N–H and O–H groups in total. The molecule has 2 heterocycles. The van der Waals surface area contributed by atoms with Crippen LogP contribution in [-0.4, -0.2) is 106 Å². The zero-order valence-electron chi connectivity index (χ0n) is 14.4. The molecule has 0 spiro atoms. The molecule has 7 nitrogen and oxygen atoms in total. The number of amides is 1. The molecule has 0 aliphatic carbocycles. The van der Waals surface area contributed by atoms with Gasteiger partial charge in [0.2, 0.25) is 5.91 Å². The molecule has 0 aromatic carbocycles. The second kappa shape index (κ2) is 7.92. The van der Waals surface area contributed by atoms with E-state index in [2.05, 4.69) is 11.8 Å². The highest BCUT2D eigenvalue weighted by atomic mass is 32.2. The third kappa shape index (κ3) is 4.89. The van der Waals surface area contributed by atoms with Crippen LogP contribution in [0, 0.1) is 0 Å². The molecule has 23 heavy (non-hydrogen) atoms. The van der Waals surface area contributed by atoms with Crippen LogP contribution in [0.1, 0.15) is 13.3 Å². The molecule has 2 fully saturated rings. The third-order valence-corrected chi connectivity index (χ3v) is 6.31. The first-order valence-corrected chi connectivity index (χ1v) is 10.1. The van der Waals surface area contributed by atoms with Crippen LogP contribution in [-0.2, 0) is 19.4 Å². The predicted molar refractivity (Wildman–Crippen MR) is 89.2 cm³/mol. The van der Waals surface area contributed by atoms with Crippen molar-refractivity contribution in [3.05, 3.63) is 0 Å². The van der Waals surface area contributed by atoms with E-state index in [9.17, 15) is 13.2 Å². The fourth-order valence-corrected chi connectivity index (χ4v) is 5.36. The lowest BCUT2D eigenvalue weighted by molar-refractivity contribution is -0.131. The molecule has 2 aliphatic heterocycles. The smallest absolute Gasteiger partial charge is 0.236 e. The Morgan fingerprint density at radius 2 is 1.74 bits per heavy atom. The molecule has 134 valence electrons. The van der Waals surface area contributed by atoms with Gasteiger partial charge in [-0.05, 0) is 6.42 Å². The van der Waals surface area contributed by atoms with Crippen LogP contribution in [0.2, 0.25) is 0 Å². The van der Waals surface area contributed by atoms with Crippen molar-refractivity contribution in [2.75, 3.05) is 65.0 Å². The van der Waals surface area contributed by atoms with E-state index >= 15 is 0 Å². The van der Waals surface area contributed by atoms with E-state index in [0.29, 0.717) is 13.2 Å². The van der Waals surface area contributed by atoms with E-state index in [1.807, 2.05) is 4.90 Å². The molecule has 0 aromatic rings. The maximum Gasteiger partial charge on any atom is 0.236 e. The SMILES string of the molecule is CCCOCCN1CCN(CC(=O)N(C)C)[C@@H]2CS(=O)(=O)C[C@@H]21. The zero-order valence-corrected chi connectivity index (χ0v) is 15.2. The average Bonchev–Trinajstić information content (AvgIpc) is 2.81. The van der Waals surface area contributed by atoms with E-state index in [-0.39, 0.29) is 29.5 Å². The van der Waals surface area contributed by atoms with Crippen molar-refractivity contribution < 1.29 is 17.9 Å². The molecule has 8 heteroatoms. The summed E-state index contributed by atoms with van der Waals surface area (Å²) in [5.74, 6) is 0.371. The number of fused-ring (bicyclic) bond motifs is 1. The van der Waals surface area contributed by atoms with E-state index in [1.165, 1.54) is 0 Å². The number of hydrogen-bond acceptors (Lipinski definition) is 6. The maximum atomic E-state index is 12.1. The molecule has 2 rings (SSSR count). The number of carbonyl (C=O) groups excluding carboxylic acids is 1. The van der Waals surface area contributed by atoms with Crippen molar-refractivity contribution in [2.24, 2.45) is 0 Å². The van der Waals surface area contributed by atoms with E-state index in [1.54, 1.807) is 19.0 Å². The van der Waals surface area contributed by atoms with Crippen molar-refractivity contribution in [3.63, 3.8) is 0 Å². The minimum atomic E-state index is -3.04. The van der Waals surface area contributed by atoms with Crippen molar-refractivity contribution in [1.82, 2.24) is 14.7 Å². The molecule has 2 aliphatic rings. The Bertz CT molecular complexity index is 509. The molecular formula is C15H29N3O4S. The quantitative estimate of drug-likeness (QED) is 0.567. The molecular weight excluding hydrogens is 318 g/mol. The summed E-state index contributed by atoms with van der Waals surface area (Å²) in [6.07, 6.45) is 0.987. The molecule has 0 bridgehead atoms. The fraction of sp³-hybridized carbons (Fsp3) is 0.933. The van der Waals surface area contributed by atoms with Gasteiger partial charge in [0.15, 0.2) is 9.84 Å². The van der Waals surface area contributed by atoms with Crippen LogP contribution in [0.15, 0.2) is 0 Å². The molecule has 2 saturated heterocycles. The Balaban J connectivity index is 2.00. The summed E-state index contributed by atoms with van der Waals surface area (Å²) >= 11 is 0. The molecule has 0 unspecified atom stereocenters. The largest absolute Gasteiger partial charge is 0.380 e. The standard InChI is InChI=1S/C15H29N3O4S/c1-4-8-22-9-7-17-5-6-18(10-15(19)16(2)3)14-12-23(20,21)11-13(14)17/h13-14H,4-12H2,1-3H3/t13-,14+/m0/s1. The lowest BCUT2D eigenvalue weighted by Gasteiger charge is -2.43. The molecule has 1 amide bonds. The summed E-state index contributed by atoms with van der Waals surface area (Å²) in [6.45, 7) is 6.00. The van der Waals surface area contributed by atoms with Gasteiger partial charge in [0.1, 0.15) is 0 Å². The van der Waals surface area contributed by atoms with Gasteiger partial charge in [0.05, 0.1) is 24.7 Å². The Hall–Kier alpha value is -0.700. The van der Waals surface area contributed by atoms with Crippen molar-refractivity contribution >= 4 is 15.7 Å². The number of ether oxygens (including phenoxy) is 1.